The number of amides is 2. The van der Waals surface area contributed by atoms with E-state index in [1.54, 1.807) is 0 Å². The zero-order valence-electron chi connectivity index (χ0n) is 18.5. The Kier molecular flexibility index (Phi) is 7.00. The van der Waals surface area contributed by atoms with Crippen molar-refractivity contribution in [1.82, 2.24) is 10.3 Å². The standard InChI is InChI=1S/C26H25N3O3S/c1-17(27-18(2)30)19-8-10-20(11-9-19)23-16-33-26(28-23)29-25(31)15-13-22-12-14-24(32-22)21-6-4-3-5-7-21/h3-12,14,16-17H,13,15H2,1-2H3,(H,27,30)(H,28,29,31). The van der Waals surface area contributed by atoms with Crippen LogP contribution < -0.4 is 10.6 Å². The van der Waals surface area contributed by atoms with E-state index in [0.717, 1.165) is 33.9 Å². The number of nitrogens with zero attached hydrogens (tertiary/aromatic N) is 1. The summed E-state index contributed by atoms with van der Waals surface area (Å²) in [5.74, 6) is 1.41. The number of aryl methyl sites for hydroxylation is 1. The normalized spacial score (nSPS) is 11.7. The van der Waals surface area contributed by atoms with Crippen LogP contribution >= 0.6 is 11.3 Å². The highest BCUT2D eigenvalue weighted by Crippen LogP contribution is 2.27. The van der Waals surface area contributed by atoms with Gasteiger partial charge in [0.1, 0.15) is 11.5 Å². The number of carbonyl (C=O) groups excluding carboxylic acids is 2. The van der Waals surface area contributed by atoms with Crippen LogP contribution in [0, 0.1) is 0 Å². The fourth-order valence-corrected chi connectivity index (χ4v) is 4.22. The molecule has 0 radical (unpaired) electrons. The van der Waals surface area contributed by atoms with Gasteiger partial charge in [0.2, 0.25) is 11.8 Å². The molecule has 0 aliphatic carbocycles. The summed E-state index contributed by atoms with van der Waals surface area (Å²) >= 11 is 1.39. The Morgan fingerprint density at radius 2 is 1.76 bits per heavy atom. The smallest absolute Gasteiger partial charge is 0.226 e. The highest BCUT2D eigenvalue weighted by atomic mass is 32.1. The van der Waals surface area contributed by atoms with Gasteiger partial charge in [-0.3, -0.25) is 9.59 Å². The number of hydrogen-bond donors (Lipinski definition) is 2. The highest BCUT2D eigenvalue weighted by molar-refractivity contribution is 7.14. The molecule has 4 aromatic rings. The van der Waals surface area contributed by atoms with Crippen LogP contribution in [0.4, 0.5) is 5.13 Å². The van der Waals surface area contributed by atoms with Gasteiger partial charge in [-0.25, -0.2) is 4.98 Å². The number of carbonyl (C=O) groups is 2. The van der Waals surface area contributed by atoms with Gasteiger partial charge in [0, 0.05) is 36.3 Å². The second-order valence-corrected chi connectivity index (χ2v) is 8.62. The number of thiazole rings is 1. The predicted molar refractivity (Wildman–Crippen MR) is 131 cm³/mol. The van der Waals surface area contributed by atoms with E-state index in [4.69, 9.17) is 4.42 Å². The highest BCUT2D eigenvalue weighted by Gasteiger charge is 2.12. The molecule has 2 aromatic heterocycles. The molecule has 4 rings (SSSR count). The summed E-state index contributed by atoms with van der Waals surface area (Å²) in [6.45, 7) is 3.45. The number of aromatic nitrogens is 1. The van der Waals surface area contributed by atoms with Crippen molar-refractivity contribution in [2.45, 2.75) is 32.7 Å². The molecular weight excluding hydrogens is 434 g/mol. The Morgan fingerprint density at radius 3 is 2.48 bits per heavy atom. The Hall–Kier alpha value is -3.71. The lowest BCUT2D eigenvalue weighted by Gasteiger charge is -2.12. The molecule has 0 aliphatic heterocycles. The number of anilines is 1. The lowest BCUT2D eigenvalue weighted by atomic mass is 10.1. The average molecular weight is 460 g/mol. The molecule has 0 spiro atoms. The Labute approximate surface area is 196 Å². The van der Waals surface area contributed by atoms with E-state index in [9.17, 15) is 9.59 Å². The van der Waals surface area contributed by atoms with Crippen molar-refractivity contribution in [3.05, 3.63) is 83.4 Å². The van der Waals surface area contributed by atoms with Gasteiger partial charge >= 0.3 is 0 Å². The molecule has 0 aliphatic rings. The first-order chi connectivity index (χ1) is 16.0. The topological polar surface area (TPSA) is 84.2 Å². The first-order valence-electron chi connectivity index (χ1n) is 10.7. The Bertz CT molecular complexity index is 1230. The molecule has 0 bridgehead atoms. The van der Waals surface area contributed by atoms with E-state index >= 15 is 0 Å². The average Bonchev–Trinajstić information content (AvgIpc) is 3.48. The summed E-state index contributed by atoms with van der Waals surface area (Å²) in [6, 6.07) is 21.5. The number of benzene rings is 2. The molecule has 0 saturated heterocycles. The van der Waals surface area contributed by atoms with Crippen LogP contribution in [0.2, 0.25) is 0 Å². The molecule has 1 atom stereocenters. The minimum Gasteiger partial charge on any atom is -0.461 e. The number of nitrogens with one attached hydrogen (secondary N) is 2. The molecule has 2 heterocycles. The largest absolute Gasteiger partial charge is 0.461 e. The third-order valence-corrected chi connectivity index (χ3v) is 5.95. The van der Waals surface area contributed by atoms with Gasteiger partial charge in [0.15, 0.2) is 5.13 Å². The Balaban J connectivity index is 1.31. The lowest BCUT2D eigenvalue weighted by molar-refractivity contribution is -0.119. The van der Waals surface area contributed by atoms with E-state index in [1.807, 2.05) is 79.0 Å². The zero-order chi connectivity index (χ0) is 23.2. The van der Waals surface area contributed by atoms with Gasteiger partial charge in [0.05, 0.1) is 11.7 Å². The molecule has 2 amide bonds. The van der Waals surface area contributed by atoms with E-state index < -0.39 is 0 Å². The van der Waals surface area contributed by atoms with Crippen molar-refractivity contribution in [1.29, 1.82) is 0 Å². The molecular formula is C26H25N3O3S. The molecule has 1 unspecified atom stereocenters. The first kappa shape index (κ1) is 22.5. The second kappa shape index (κ2) is 10.3. The summed E-state index contributed by atoms with van der Waals surface area (Å²) in [6.07, 6.45) is 0.831. The molecule has 0 fully saturated rings. The maximum atomic E-state index is 12.4. The number of furan rings is 1. The van der Waals surface area contributed by atoms with Crippen LogP contribution in [0.25, 0.3) is 22.6 Å². The Morgan fingerprint density at radius 1 is 1.00 bits per heavy atom. The maximum absolute atomic E-state index is 12.4. The molecule has 33 heavy (non-hydrogen) atoms. The van der Waals surface area contributed by atoms with Crippen molar-refractivity contribution in [2.24, 2.45) is 0 Å². The number of rotatable bonds is 8. The van der Waals surface area contributed by atoms with Crippen LogP contribution in [0.5, 0.6) is 0 Å². The zero-order valence-corrected chi connectivity index (χ0v) is 19.3. The monoisotopic (exact) mass is 459 g/mol. The van der Waals surface area contributed by atoms with E-state index in [-0.39, 0.29) is 17.9 Å². The molecule has 0 saturated carbocycles. The first-order valence-corrected chi connectivity index (χ1v) is 11.6. The van der Waals surface area contributed by atoms with Gasteiger partial charge in [-0.15, -0.1) is 11.3 Å². The quantitative estimate of drug-likeness (QED) is 0.347. The van der Waals surface area contributed by atoms with Crippen LogP contribution in [0.1, 0.15) is 37.6 Å². The molecule has 7 heteroatoms. The SMILES string of the molecule is CC(=O)NC(C)c1ccc(-c2csc(NC(=O)CCc3ccc(-c4ccccc4)o3)n2)cc1. The summed E-state index contributed by atoms with van der Waals surface area (Å²) in [5, 5.41) is 8.22. The van der Waals surface area contributed by atoms with Crippen LogP contribution in [0.15, 0.2) is 76.5 Å². The second-order valence-electron chi connectivity index (χ2n) is 7.76. The maximum Gasteiger partial charge on any atom is 0.226 e. The van der Waals surface area contributed by atoms with Gasteiger partial charge in [-0.1, -0.05) is 54.6 Å². The van der Waals surface area contributed by atoms with Gasteiger partial charge in [-0.2, -0.15) is 0 Å². The minimum absolute atomic E-state index is 0.0558. The van der Waals surface area contributed by atoms with Crippen molar-refractivity contribution in [3.63, 3.8) is 0 Å². The van der Waals surface area contributed by atoms with Crippen molar-refractivity contribution >= 4 is 28.3 Å². The van der Waals surface area contributed by atoms with Crippen LogP contribution in [-0.2, 0) is 16.0 Å². The summed E-state index contributed by atoms with van der Waals surface area (Å²) in [5.41, 5.74) is 3.79. The third kappa shape index (κ3) is 5.96. The van der Waals surface area contributed by atoms with E-state index in [1.165, 1.54) is 18.3 Å². The van der Waals surface area contributed by atoms with Gasteiger partial charge in [-0.05, 0) is 24.6 Å². The van der Waals surface area contributed by atoms with Gasteiger partial charge in [0.25, 0.3) is 0 Å². The predicted octanol–water partition coefficient (Wildman–Crippen LogP) is 5.84. The molecule has 2 aromatic carbocycles. The van der Waals surface area contributed by atoms with Crippen molar-refractivity contribution < 1.29 is 14.0 Å². The van der Waals surface area contributed by atoms with E-state index in [2.05, 4.69) is 15.6 Å². The minimum atomic E-state index is -0.104. The molecule has 168 valence electrons. The fraction of sp³-hybridized carbons (Fsp3) is 0.192. The summed E-state index contributed by atoms with van der Waals surface area (Å²) in [4.78, 5) is 28.2. The van der Waals surface area contributed by atoms with E-state index in [0.29, 0.717) is 18.0 Å². The summed E-state index contributed by atoms with van der Waals surface area (Å²) < 4.78 is 5.86. The van der Waals surface area contributed by atoms with Crippen molar-refractivity contribution in [2.75, 3.05) is 5.32 Å². The number of hydrogen-bond acceptors (Lipinski definition) is 5. The van der Waals surface area contributed by atoms with Crippen LogP contribution in [-0.4, -0.2) is 16.8 Å². The summed E-state index contributed by atoms with van der Waals surface area (Å²) in [7, 11) is 0. The fourth-order valence-electron chi connectivity index (χ4n) is 3.48. The van der Waals surface area contributed by atoms with Crippen molar-refractivity contribution in [3.8, 4) is 22.6 Å². The third-order valence-electron chi connectivity index (χ3n) is 5.20. The molecule has 2 N–H and O–H groups in total. The van der Waals surface area contributed by atoms with Crippen LogP contribution in [0.3, 0.4) is 0 Å². The molecule has 6 nitrogen and oxygen atoms in total. The lowest BCUT2D eigenvalue weighted by Crippen LogP contribution is -2.23. The van der Waals surface area contributed by atoms with Gasteiger partial charge < -0.3 is 15.1 Å².